The van der Waals surface area contributed by atoms with E-state index in [9.17, 15) is 17.6 Å². The van der Waals surface area contributed by atoms with Gasteiger partial charge in [-0.25, -0.2) is 22.5 Å². The van der Waals surface area contributed by atoms with E-state index in [2.05, 4.69) is 20.1 Å². The van der Waals surface area contributed by atoms with Gasteiger partial charge in [-0.1, -0.05) is 23.7 Å². The minimum absolute atomic E-state index is 0.176. The van der Waals surface area contributed by atoms with E-state index in [1.165, 1.54) is 30.6 Å². The number of rotatable bonds is 7. The van der Waals surface area contributed by atoms with Crippen LogP contribution in [0.1, 0.15) is 28.9 Å². The van der Waals surface area contributed by atoms with E-state index in [4.69, 9.17) is 11.6 Å². The molecule has 8 nitrogen and oxygen atoms in total. The molecule has 0 saturated heterocycles. The number of nitrogens with one attached hydrogen (secondary N) is 2. The summed E-state index contributed by atoms with van der Waals surface area (Å²) >= 11 is 5.68. The third kappa shape index (κ3) is 5.24. The minimum atomic E-state index is -3.97. The van der Waals surface area contributed by atoms with E-state index in [0.29, 0.717) is 5.56 Å². The van der Waals surface area contributed by atoms with Gasteiger partial charge in [0.15, 0.2) is 0 Å². The average molecular weight is 500 g/mol. The lowest BCUT2D eigenvalue weighted by Crippen LogP contribution is -2.26. The third-order valence-corrected chi connectivity index (χ3v) is 6.69. The maximum absolute atomic E-state index is 13.3. The lowest BCUT2D eigenvalue weighted by Gasteiger charge is -2.15. The van der Waals surface area contributed by atoms with Crippen LogP contribution in [0.15, 0.2) is 84.3 Å². The van der Waals surface area contributed by atoms with Gasteiger partial charge in [0.25, 0.3) is 15.9 Å². The molecule has 2 N–H and O–H groups in total. The van der Waals surface area contributed by atoms with Crippen LogP contribution in [-0.2, 0) is 10.0 Å². The molecule has 0 fully saturated rings. The molecule has 0 aliphatic rings. The van der Waals surface area contributed by atoms with Gasteiger partial charge >= 0.3 is 0 Å². The van der Waals surface area contributed by atoms with Crippen molar-refractivity contribution in [2.75, 3.05) is 4.72 Å². The summed E-state index contributed by atoms with van der Waals surface area (Å²) in [6, 6.07) is 16.3. The van der Waals surface area contributed by atoms with Crippen LogP contribution in [0.5, 0.6) is 0 Å². The predicted molar refractivity (Wildman–Crippen MR) is 126 cm³/mol. The predicted octanol–water partition coefficient (Wildman–Crippen LogP) is 4.35. The van der Waals surface area contributed by atoms with Crippen molar-refractivity contribution in [2.45, 2.75) is 17.9 Å². The molecule has 1 aromatic heterocycles. The largest absolute Gasteiger partial charge is 0.346 e. The van der Waals surface area contributed by atoms with Crippen molar-refractivity contribution in [1.29, 1.82) is 0 Å². The van der Waals surface area contributed by atoms with Crippen molar-refractivity contribution in [2.24, 2.45) is 0 Å². The van der Waals surface area contributed by atoms with Crippen LogP contribution < -0.4 is 10.0 Å². The number of benzene rings is 3. The molecule has 4 rings (SSSR count). The summed E-state index contributed by atoms with van der Waals surface area (Å²) in [7, 11) is -3.97. The fourth-order valence-electron chi connectivity index (χ4n) is 3.17. The minimum Gasteiger partial charge on any atom is -0.346 e. The Morgan fingerprint density at radius 1 is 1.06 bits per heavy atom. The highest BCUT2D eigenvalue weighted by Gasteiger charge is 2.17. The highest BCUT2D eigenvalue weighted by molar-refractivity contribution is 7.92. The molecule has 0 bridgehead atoms. The second-order valence-electron chi connectivity index (χ2n) is 7.39. The van der Waals surface area contributed by atoms with E-state index < -0.39 is 15.8 Å². The zero-order chi connectivity index (χ0) is 24.3. The van der Waals surface area contributed by atoms with Crippen LogP contribution >= 0.6 is 11.6 Å². The molecule has 1 unspecified atom stereocenters. The van der Waals surface area contributed by atoms with Gasteiger partial charge in [-0.3, -0.25) is 9.52 Å². The van der Waals surface area contributed by atoms with Crippen molar-refractivity contribution >= 4 is 33.2 Å². The molecule has 0 aliphatic carbocycles. The van der Waals surface area contributed by atoms with Gasteiger partial charge < -0.3 is 5.32 Å². The second kappa shape index (κ2) is 9.62. The fourth-order valence-corrected chi connectivity index (χ4v) is 4.50. The van der Waals surface area contributed by atoms with E-state index in [1.807, 2.05) is 31.2 Å². The molecule has 1 heterocycles. The van der Waals surface area contributed by atoms with Gasteiger partial charge in [-0.15, -0.1) is 0 Å². The number of nitrogens with zero attached hydrogens (tertiary/aromatic N) is 3. The third-order valence-electron chi connectivity index (χ3n) is 5.02. The molecular weight excluding hydrogens is 481 g/mol. The number of hydrogen-bond donors (Lipinski definition) is 2. The zero-order valence-electron chi connectivity index (χ0n) is 17.8. The number of hydrogen-bond acceptors (Lipinski definition) is 5. The van der Waals surface area contributed by atoms with E-state index in [0.717, 1.165) is 29.4 Å². The first kappa shape index (κ1) is 23.4. The van der Waals surface area contributed by atoms with Crippen LogP contribution in [-0.4, -0.2) is 29.1 Å². The molecule has 0 aliphatic heterocycles. The highest BCUT2D eigenvalue weighted by atomic mass is 35.5. The molecule has 11 heteroatoms. The van der Waals surface area contributed by atoms with Crippen LogP contribution in [0.3, 0.4) is 0 Å². The molecule has 34 heavy (non-hydrogen) atoms. The Labute approximate surface area is 200 Å². The molecule has 1 atom stereocenters. The smallest absolute Gasteiger partial charge is 0.261 e. The number of amides is 1. The molecular formula is C23H19ClFN5O3S. The summed E-state index contributed by atoms with van der Waals surface area (Å²) in [5, 5.41) is 6.69. The maximum Gasteiger partial charge on any atom is 0.261 e. The fraction of sp³-hybridized carbons (Fsp3) is 0.0870. The maximum atomic E-state index is 13.3. The van der Waals surface area contributed by atoms with Gasteiger partial charge in [0.05, 0.1) is 21.6 Å². The number of aromatic nitrogens is 3. The van der Waals surface area contributed by atoms with Crippen LogP contribution in [0, 0.1) is 5.82 Å². The first-order chi connectivity index (χ1) is 16.2. The van der Waals surface area contributed by atoms with Crippen molar-refractivity contribution in [3.63, 3.8) is 0 Å². The Morgan fingerprint density at radius 2 is 1.76 bits per heavy atom. The van der Waals surface area contributed by atoms with Crippen molar-refractivity contribution < 1.29 is 17.6 Å². The summed E-state index contributed by atoms with van der Waals surface area (Å²) < 4.78 is 42.3. The molecule has 4 aromatic rings. The van der Waals surface area contributed by atoms with Gasteiger partial charge in [0.1, 0.15) is 18.5 Å². The number of halogens is 2. The summed E-state index contributed by atoms with van der Waals surface area (Å²) in [4.78, 5) is 16.4. The number of carbonyl (C=O) groups is 1. The highest BCUT2D eigenvalue weighted by Crippen LogP contribution is 2.22. The average Bonchev–Trinajstić information content (AvgIpc) is 3.36. The number of sulfonamides is 1. The topological polar surface area (TPSA) is 106 Å². The van der Waals surface area contributed by atoms with Gasteiger partial charge in [0.2, 0.25) is 0 Å². The van der Waals surface area contributed by atoms with Gasteiger partial charge in [0, 0.05) is 11.3 Å². The monoisotopic (exact) mass is 499 g/mol. The lowest BCUT2D eigenvalue weighted by molar-refractivity contribution is 0.0940. The van der Waals surface area contributed by atoms with Gasteiger partial charge in [-0.2, -0.15) is 5.10 Å². The molecule has 174 valence electrons. The number of carbonyl (C=O) groups excluding carboxylic acids is 1. The van der Waals surface area contributed by atoms with Gasteiger partial charge in [-0.05, 0) is 67.1 Å². The molecule has 0 saturated carbocycles. The molecule has 0 radical (unpaired) electrons. The lowest BCUT2D eigenvalue weighted by atomic mass is 10.1. The Balaban J connectivity index is 1.40. The van der Waals surface area contributed by atoms with E-state index >= 15 is 0 Å². The van der Waals surface area contributed by atoms with Crippen molar-refractivity contribution in [3.05, 3.63) is 101 Å². The zero-order valence-corrected chi connectivity index (χ0v) is 19.4. The Kier molecular flexibility index (Phi) is 6.62. The van der Waals surface area contributed by atoms with E-state index in [1.54, 1.807) is 11.0 Å². The Hall–Kier alpha value is -3.76. The first-order valence-electron chi connectivity index (χ1n) is 10.1. The summed E-state index contributed by atoms with van der Waals surface area (Å²) in [6.45, 7) is 1.86. The number of anilines is 1. The van der Waals surface area contributed by atoms with Crippen LogP contribution in [0.2, 0.25) is 5.02 Å². The summed E-state index contributed by atoms with van der Waals surface area (Å²) in [5.74, 6) is -1.02. The Morgan fingerprint density at radius 3 is 2.38 bits per heavy atom. The first-order valence-corrected chi connectivity index (χ1v) is 11.9. The Bertz CT molecular complexity index is 1410. The van der Waals surface area contributed by atoms with Crippen LogP contribution in [0.4, 0.5) is 10.1 Å². The molecule has 0 spiro atoms. The standard InChI is InChI=1S/C23H19ClFN5O3S/c1-15(16-4-8-19(9-5-16)30-14-26-13-27-30)28-23(31)17-2-6-18(7-3-17)29-34(32,33)20-10-11-22(25)21(24)12-20/h2-15,29H,1H3,(H,28,31). The normalized spacial score (nSPS) is 12.2. The van der Waals surface area contributed by atoms with Crippen LogP contribution in [0.25, 0.3) is 5.69 Å². The molecule has 3 aromatic carbocycles. The van der Waals surface area contributed by atoms with Crippen molar-refractivity contribution in [3.8, 4) is 5.69 Å². The SMILES string of the molecule is CC(NC(=O)c1ccc(NS(=O)(=O)c2ccc(F)c(Cl)c2)cc1)c1ccc(-n2cncn2)cc1. The summed E-state index contributed by atoms with van der Waals surface area (Å²) in [5.41, 5.74) is 2.35. The summed E-state index contributed by atoms with van der Waals surface area (Å²) in [6.07, 6.45) is 3.05. The quantitative estimate of drug-likeness (QED) is 0.393. The van der Waals surface area contributed by atoms with E-state index in [-0.39, 0.29) is 27.6 Å². The van der Waals surface area contributed by atoms with Crippen molar-refractivity contribution in [1.82, 2.24) is 20.1 Å². The molecule has 1 amide bonds. The second-order valence-corrected chi connectivity index (χ2v) is 9.48.